The Morgan fingerprint density at radius 2 is 2.10 bits per heavy atom. The van der Waals surface area contributed by atoms with Crippen molar-refractivity contribution < 1.29 is 9.53 Å². The Labute approximate surface area is 124 Å². The molecule has 1 heterocycles. The second kappa shape index (κ2) is 6.18. The van der Waals surface area contributed by atoms with E-state index in [9.17, 15) is 4.79 Å². The first-order valence-electron chi connectivity index (χ1n) is 6.64. The maximum atomic E-state index is 10.9. The molecule has 0 spiro atoms. The number of carbonyl (C=O) groups is 1. The molecule has 4 nitrogen and oxygen atoms in total. The van der Waals surface area contributed by atoms with Gasteiger partial charge in [0.2, 0.25) is 5.91 Å². The molecule has 0 unspecified atom stereocenters. The van der Waals surface area contributed by atoms with Gasteiger partial charge in [0.15, 0.2) is 0 Å². The number of rotatable bonds is 4. The minimum absolute atomic E-state index is 0.497. The normalized spacial score (nSPS) is 15.1. The number of nitrogens with zero attached hydrogens (tertiary/aromatic N) is 1. The molecule has 1 aromatic rings. The molecule has 0 radical (unpaired) electrons. The molecule has 1 saturated heterocycles. The quantitative estimate of drug-likeness (QED) is 0.869. The number of methoxy groups -OCH3 is 1. The molecule has 0 saturated carbocycles. The molecule has 0 bridgehead atoms. The molecule has 0 aromatic heterocycles. The summed E-state index contributed by atoms with van der Waals surface area (Å²) in [7, 11) is 1.65. The van der Waals surface area contributed by atoms with Crippen molar-refractivity contribution in [1.82, 2.24) is 0 Å². The van der Waals surface area contributed by atoms with E-state index in [4.69, 9.17) is 22.1 Å². The standard InChI is InChI=1S/C15H19ClN2O2/c1-10-11(5-6-14(17)19)12(16)9-13(15(10)20-2)18-7-3-4-8-18/h5-6,9H,3-4,7-8H2,1-2H3,(H2,17,19)/b6-5+. The molecular formula is C15H19ClN2O2. The van der Waals surface area contributed by atoms with Crippen molar-refractivity contribution in [3.8, 4) is 5.75 Å². The van der Waals surface area contributed by atoms with Crippen molar-refractivity contribution in [2.24, 2.45) is 5.73 Å². The van der Waals surface area contributed by atoms with Crippen LogP contribution in [-0.4, -0.2) is 26.1 Å². The van der Waals surface area contributed by atoms with E-state index in [0.717, 1.165) is 35.7 Å². The van der Waals surface area contributed by atoms with E-state index in [2.05, 4.69) is 4.90 Å². The molecule has 1 aliphatic heterocycles. The van der Waals surface area contributed by atoms with Crippen molar-refractivity contribution in [3.05, 3.63) is 28.3 Å². The number of amides is 1. The van der Waals surface area contributed by atoms with Crippen LogP contribution < -0.4 is 15.4 Å². The van der Waals surface area contributed by atoms with E-state index >= 15 is 0 Å². The van der Waals surface area contributed by atoms with Gasteiger partial charge in [-0.3, -0.25) is 4.79 Å². The predicted octanol–water partition coefficient (Wildman–Crippen LogP) is 2.76. The molecule has 20 heavy (non-hydrogen) atoms. The monoisotopic (exact) mass is 294 g/mol. The first-order valence-corrected chi connectivity index (χ1v) is 7.02. The molecule has 1 fully saturated rings. The van der Waals surface area contributed by atoms with E-state index in [0.29, 0.717) is 5.02 Å². The van der Waals surface area contributed by atoms with Crippen molar-refractivity contribution in [2.45, 2.75) is 19.8 Å². The summed E-state index contributed by atoms with van der Waals surface area (Å²) >= 11 is 6.34. The van der Waals surface area contributed by atoms with Gasteiger partial charge in [0.05, 0.1) is 17.8 Å². The summed E-state index contributed by atoms with van der Waals surface area (Å²) in [5.41, 5.74) is 7.83. The van der Waals surface area contributed by atoms with Gasteiger partial charge in [0, 0.05) is 24.7 Å². The van der Waals surface area contributed by atoms with Gasteiger partial charge in [-0.25, -0.2) is 0 Å². The highest BCUT2D eigenvalue weighted by Crippen LogP contribution is 2.40. The molecule has 2 N–H and O–H groups in total. The van der Waals surface area contributed by atoms with Crippen LogP contribution in [-0.2, 0) is 4.79 Å². The smallest absolute Gasteiger partial charge is 0.241 e. The van der Waals surface area contributed by atoms with E-state index in [-0.39, 0.29) is 0 Å². The number of primary amides is 1. The highest BCUT2D eigenvalue weighted by Gasteiger charge is 2.20. The maximum Gasteiger partial charge on any atom is 0.241 e. The van der Waals surface area contributed by atoms with Gasteiger partial charge in [-0.1, -0.05) is 11.6 Å². The van der Waals surface area contributed by atoms with Crippen LogP contribution in [0.2, 0.25) is 5.02 Å². The average Bonchev–Trinajstić information content (AvgIpc) is 2.91. The van der Waals surface area contributed by atoms with Gasteiger partial charge in [0.25, 0.3) is 0 Å². The summed E-state index contributed by atoms with van der Waals surface area (Å²) in [5, 5.41) is 0.600. The summed E-state index contributed by atoms with van der Waals surface area (Å²) in [5.74, 6) is 0.309. The van der Waals surface area contributed by atoms with Gasteiger partial charge < -0.3 is 15.4 Å². The Morgan fingerprint density at radius 3 is 2.65 bits per heavy atom. The number of halogens is 1. The lowest BCUT2D eigenvalue weighted by Crippen LogP contribution is -2.19. The average molecular weight is 295 g/mol. The van der Waals surface area contributed by atoms with E-state index in [1.165, 1.54) is 18.9 Å². The van der Waals surface area contributed by atoms with Crippen LogP contribution in [0.5, 0.6) is 5.75 Å². The summed E-state index contributed by atoms with van der Waals surface area (Å²) < 4.78 is 5.54. The molecule has 1 aliphatic rings. The molecule has 1 aromatic carbocycles. The Morgan fingerprint density at radius 1 is 1.45 bits per heavy atom. The number of hydrogen-bond donors (Lipinski definition) is 1. The first kappa shape index (κ1) is 14.7. The van der Waals surface area contributed by atoms with Crippen LogP contribution in [0.1, 0.15) is 24.0 Å². The minimum atomic E-state index is -0.497. The fraction of sp³-hybridized carbons (Fsp3) is 0.400. The lowest BCUT2D eigenvalue weighted by atomic mass is 10.0. The van der Waals surface area contributed by atoms with Gasteiger partial charge in [-0.2, -0.15) is 0 Å². The SMILES string of the molecule is COc1c(N2CCCC2)cc(Cl)c(/C=C/C(N)=O)c1C. The number of anilines is 1. The molecule has 0 aliphatic carbocycles. The van der Waals surface area contributed by atoms with Crippen molar-refractivity contribution in [3.63, 3.8) is 0 Å². The Balaban J connectivity index is 2.49. The van der Waals surface area contributed by atoms with E-state index in [1.807, 2.05) is 13.0 Å². The molecule has 2 rings (SSSR count). The number of hydrogen-bond acceptors (Lipinski definition) is 3. The fourth-order valence-electron chi connectivity index (χ4n) is 2.58. The molecule has 5 heteroatoms. The van der Waals surface area contributed by atoms with Gasteiger partial charge in [-0.15, -0.1) is 0 Å². The zero-order valence-corrected chi connectivity index (χ0v) is 12.5. The summed E-state index contributed by atoms with van der Waals surface area (Å²) in [6, 6.07) is 1.90. The maximum absolute atomic E-state index is 10.9. The van der Waals surface area contributed by atoms with Crippen LogP contribution in [0, 0.1) is 6.92 Å². The summed E-state index contributed by atoms with van der Waals surface area (Å²) in [6.45, 7) is 3.97. The van der Waals surface area contributed by atoms with Crippen molar-refractivity contribution >= 4 is 29.3 Å². The lowest BCUT2D eigenvalue weighted by molar-refractivity contribution is -0.113. The third kappa shape index (κ3) is 2.90. The number of benzene rings is 1. The summed E-state index contributed by atoms with van der Waals surface area (Å²) in [4.78, 5) is 13.2. The van der Waals surface area contributed by atoms with Crippen LogP contribution in [0.25, 0.3) is 6.08 Å². The second-order valence-electron chi connectivity index (χ2n) is 4.88. The molecule has 1 amide bonds. The van der Waals surface area contributed by atoms with Crippen LogP contribution >= 0.6 is 11.6 Å². The second-order valence-corrected chi connectivity index (χ2v) is 5.29. The number of nitrogens with two attached hydrogens (primary N) is 1. The van der Waals surface area contributed by atoms with Crippen LogP contribution in [0.3, 0.4) is 0 Å². The van der Waals surface area contributed by atoms with E-state index < -0.39 is 5.91 Å². The first-order chi connectivity index (χ1) is 9.54. The Hall–Kier alpha value is -1.68. The lowest BCUT2D eigenvalue weighted by Gasteiger charge is -2.23. The number of ether oxygens (including phenoxy) is 1. The third-order valence-corrected chi connectivity index (χ3v) is 3.88. The molecule has 108 valence electrons. The Kier molecular flexibility index (Phi) is 4.55. The number of carbonyl (C=O) groups excluding carboxylic acids is 1. The molecule has 0 atom stereocenters. The van der Waals surface area contributed by atoms with Crippen molar-refractivity contribution in [2.75, 3.05) is 25.1 Å². The zero-order chi connectivity index (χ0) is 14.7. The fourth-order valence-corrected chi connectivity index (χ4v) is 2.89. The zero-order valence-electron chi connectivity index (χ0n) is 11.8. The largest absolute Gasteiger partial charge is 0.494 e. The highest BCUT2D eigenvalue weighted by atomic mass is 35.5. The third-order valence-electron chi connectivity index (χ3n) is 3.56. The Bertz CT molecular complexity index is 549. The topological polar surface area (TPSA) is 55.6 Å². The van der Waals surface area contributed by atoms with Gasteiger partial charge in [0.1, 0.15) is 5.75 Å². The van der Waals surface area contributed by atoms with Gasteiger partial charge in [-0.05, 0) is 37.5 Å². The van der Waals surface area contributed by atoms with Gasteiger partial charge >= 0.3 is 0 Å². The van der Waals surface area contributed by atoms with E-state index in [1.54, 1.807) is 13.2 Å². The van der Waals surface area contributed by atoms with Crippen molar-refractivity contribution in [1.29, 1.82) is 0 Å². The molecular weight excluding hydrogens is 276 g/mol. The highest BCUT2D eigenvalue weighted by molar-refractivity contribution is 6.32. The predicted molar refractivity (Wildman–Crippen MR) is 82.4 cm³/mol. The minimum Gasteiger partial charge on any atom is -0.494 e. The summed E-state index contributed by atoms with van der Waals surface area (Å²) in [6.07, 6.45) is 5.31. The van der Waals surface area contributed by atoms with Crippen LogP contribution in [0.15, 0.2) is 12.1 Å². The van der Waals surface area contributed by atoms with Crippen LogP contribution in [0.4, 0.5) is 5.69 Å².